The molecular weight excluding hydrogens is 349 g/mol. The number of nitrogens with one attached hydrogen (secondary N) is 3. The summed E-state index contributed by atoms with van der Waals surface area (Å²) in [5, 5.41) is 6.86. The van der Waals surface area contributed by atoms with Crippen LogP contribution in [-0.2, 0) is 14.3 Å². The fourth-order valence-corrected chi connectivity index (χ4v) is 1.61. The molecule has 1 rings (SSSR count). The van der Waals surface area contributed by atoms with Crippen LogP contribution in [0.1, 0.15) is 10.4 Å². The number of rotatable bonds is 5. The average Bonchev–Trinajstić information content (AvgIpc) is 2.52. The molecule has 0 unspecified atom stereocenters. The minimum absolute atomic E-state index is 0.202. The molecule has 0 aliphatic rings. The molecule has 1 aromatic rings. The third kappa shape index (κ3) is 6.54. The van der Waals surface area contributed by atoms with Gasteiger partial charge in [0.2, 0.25) is 0 Å². The Hall–Kier alpha value is -2.32. The molecule has 0 saturated heterocycles. The summed E-state index contributed by atoms with van der Waals surface area (Å²) in [4.78, 5) is 45.2. The predicted molar refractivity (Wildman–Crippen MR) is 82.4 cm³/mol. The number of amides is 4. The molecule has 23 heavy (non-hydrogen) atoms. The summed E-state index contributed by atoms with van der Waals surface area (Å²) >= 11 is 11.5. The van der Waals surface area contributed by atoms with Gasteiger partial charge in [-0.2, -0.15) is 0 Å². The highest BCUT2D eigenvalue weighted by Gasteiger charge is 2.12. The van der Waals surface area contributed by atoms with Crippen molar-refractivity contribution in [2.24, 2.45) is 0 Å². The predicted octanol–water partition coefficient (Wildman–Crippen LogP) is 0.722. The Morgan fingerprint density at radius 1 is 1.13 bits per heavy atom. The van der Waals surface area contributed by atoms with Gasteiger partial charge in [0, 0.05) is 12.6 Å². The van der Waals surface area contributed by atoms with Crippen molar-refractivity contribution in [3.63, 3.8) is 0 Å². The second kappa shape index (κ2) is 8.96. The minimum atomic E-state index is -0.842. The second-order valence-corrected chi connectivity index (χ2v) is 4.91. The topological polar surface area (TPSA) is 114 Å². The van der Waals surface area contributed by atoms with Crippen LogP contribution in [0.2, 0.25) is 10.0 Å². The third-order valence-corrected chi connectivity index (χ3v) is 3.16. The Kier molecular flexibility index (Phi) is 7.30. The van der Waals surface area contributed by atoms with Crippen LogP contribution in [0.15, 0.2) is 18.2 Å². The normalized spacial score (nSPS) is 9.70. The zero-order valence-corrected chi connectivity index (χ0v) is 13.5. The van der Waals surface area contributed by atoms with Crippen LogP contribution >= 0.6 is 23.2 Å². The molecule has 0 fully saturated rings. The number of carbonyl (C=O) groups excluding carboxylic acids is 4. The van der Waals surface area contributed by atoms with Crippen molar-refractivity contribution in [1.82, 2.24) is 16.0 Å². The van der Waals surface area contributed by atoms with E-state index in [4.69, 9.17) is 23.2 Å². The summed E-state index contributed by atoms with van der Waals surface area (Å²) in [6, 6.07) is 3.51. The fraction of sp³-hybridized carbons (Fsp3) is 0.231. The number of hydrogen-bond acceptors (Lipinski definition) is 5. The Bertz CT molecular complexity index is 636. The summed E-state index contributed by atoms with van der Waals surface area (Å²) in [6.45, 7) is -1.10. The zero-order valence-electron chi connectivity index (χ0n) is 11.9. The van der Waals surface area contributed by atoms with Gasteiger partial charge in [0.15, 0.2) is 6.61 Å². The van der Waals surface area contributed by atoms with E-state index in [1.807, 2.05) is 5.32 Å². The van der Waals surface area contributed by atoms with Crippen molar-refractivity contribution in [2.75, 3.05) is 20.2 Å². The number of urea groups is 1. The number of halogens is 2. The average molecular weight is 362 g/mol. The number of hydrogen-bond donors (Lipinski definition) is 3. The molecule has 0 atom stereocenters. The number of benzene rings is 1. The molecule has 0 aliphatic carbocycles. The van der Waals surface area contributed by atoms with Crippen molar-refractivity contribution >= 4 is 47.0 Å². The summed E-state index contributed by atoms with van der Waals surface area (Å²) in [5.41, 5.74) is 0.213. The van der Waals surface area contributed by atoms with Gasteiger partial charge in [0.05, 0.1) is 10.0 Å². The summed E-state index contributed by atoms with van der Waals surface area (Å²) in [5.74, 6) is -2.20. The number of carbonyl (C=O) groups is 4. The lowest BCUT2D eigenvalue weighted by Crippen LogP contribution is -2.40. The standard InChI is InChI=1S/C13H13Cl2N3O5/c1-16-13(22)18-10(19)6-23-11(20)5-17-12(21)7-2-3-8(14)9(15)4-7/h2-4H,5-6H2,1H3,(H,17,21)(H2,16,18,19,22). The SMILES string of the molecule is CNC(=O)NC(=O)COC(=O)CNC(=O)c1ccc(Cl)c(Cl)c1. The van der Waals surface area contributed by atoms with Crippen molar-refractivity contribution in [3.8, 4) is 0 Å². The Morgan fingerprint density at radius 2 is 1.83 bits per heavy atom. The molecule has 0 saturated carbocycles. The molecule has 0 bridgehead atoms. The van der Waals surface area contributed by atoms with Crippen LogP contribution in [0.5, 0.6) is 0 Å². The van der Waals surface area contributed by atoms with E-state index in [1.54, 1.807) is 0 Å². The first kappa shape index (κ1) is 18.7. The van der Waals surface area contributed by atoms with Crippen LogP contribution in [-0.4, -0.2) is 44.0 Å². The maximum Gasteiger partial charge on any atom is 0.325 e. The van der Waals surface area contributed by atoms with Crippen molar-refractivity contribution in [2.45, 2.75) is 0 Å². The zero-order chi connectivity index (χ0) is 17.4. The van der Waals surface area contributed by atoms with E-state index in [2.05, 4.69) is 15.4 Å². The van der Waals surface area contributed by atoms with Gasteiger partial charge >= 0.3 is 12.0 Å². The molecule has 124 valence electrons. The van der Waals surface area contributed by atoms with Crippen molar-refractivity contribution in [3.05, 3.63) is 33.8 Å². The largest absolute Gasteiger partial charge is 0.454 e. The molecule has 0 radical (unpaired) electrons. The van der Waals surface area contributed by atoms with Gasteiger partial charge < -0.3 is 15.4 Å². The number of ether oxygens (including phenoxy) is 1. The van der Waals surface area contributed by atoms with Gasteiger partial charge in [-0.05, 0) is 18.2 Å². The van der Waals surface area contributed by atoms with Crippen LogP contribution in [0, 0.1) is 0 Å². The van der Waals surface area contributed by atoms with Gasteiger partial charge in [-0.3, -0.25) is 19.7 Å². The first-order valence-corrected chi connectivity index (χ1v) is 6.99. The summed E-state index contributed by atoms with van der Waals surface area (Å²) in [6.07, 6.45) is 0. The third-order valence-electron chi connectivity index (χ3n) is 2.42. The highest BCUT2D eigenvalue weighted by atomic mass is 35.5. The molecule has 10 heteroatoms. The minimum Gasteiger partial charge on any atom is -0.454 e. The van der Waals surface area contributed by atoms with E-state index in [1.165, 1.54) is 25.2 Å². The molecule has 0 aromatic heterocycles. The first-order chi connectivity index (χ1) is 10.8. The van der Waals surface area contributed by atoms with Crippen molar-refractivity contribution in [1.29, 1.82) is 0 Å². The maximum absolute atomic E-state index is 11.8. The lowest BCUT2D eigenvalue weighted by Gasteiger charge is -2.07. The quantitative estimate of drug-likeness (QED) is 0.668. The Labute approximate surface area is 141 Å². The first-order valence-electron chi connectivity index (χ1n) is 6.24. The molecular formula is C13H13Cl2N3O5. The van der Waals surface area contributed by atoms with E-state index in [0.29, 0.717) is 5.02 Å². The van der Waals surface area contributed by atoms with E-state index in [9.17, 15) is 19.2 Å². The van der Waals surface area contributed by atoms with Crippen LogP contribution in [0.25, 0.3) is 0 Å². The fourth-order valence-electron chi connectivity index (χ4n) is 1.31. The molecule has 1 aromatic carbocycles. The highest BCUT2D eigenvalue weighted by molar-refractivity contribution is 6.42. The smallest absolute Gasteiger partial charge is 0.325 e. The number of imide groups is 1. The van der Waals surface area contributed by atoms with Gasteiger partial charge in [0.1, 0.15) is 6.54 Å². The second-order valence-electron chi connectivity index (χ2n) is 4.10. The highest BCUT2D eigenvalue weighted by Crippen LogP contribution is 2.22. The molecule has 0 aliphatic heterocycles. The summed E-state index contributed by atoms with van der Waals surface area (Å²) in [7, 11) is 1.33. The van der Waals surface area contributed by atoms with E-state index in [-0.39, 0.29) is 10.6 Å². The number of esters is 1. The van der Waals surface area contributed by atoms with Crippen LogP contribution < -0.4 is 16.0 Å². The van der Waals surface area contributed by atoms with Gasteiger partial charge in [-0.15, -0.1) is 0 Å². The van der Waals surface area contributed by atoms with Gasteiger partial charge in [-0.25, -0.2) is 4.79 Å². The van der Waals surface area contributed by atoms with Crippen molar-refractivity contribution < 1.29 is 23.9 Å². The Morgan fingerprint density at radius 3 is 2.43 bits per heavy atom. The molecule has 4 amide bonds. The van der Waals surface area contributed by atoms with E-state index < -0.39 is 37.0 Å². The Balaban J connectivity index is 2.38. The van der Waals surface area contributed by atoms with Gasteiger partial charge in [0.25, 0.3) is 11.8 Å². The van der Waals surface area contributed by atoms with Gasteiger partial charge in [-0.1, -0.05) is 23.2 Å². The molecule has 0 spiro atoms. The van der Waals surface area contributed by atoms with E-state index >= 15 is 0 Å². The molecule has 8 nitrogen and oxygen atoms in total. The van der Waals surface area contributed by atoms with Crippen LogP contribution in [0.4, 0.5) is 4.79 Å². The molecule has 0 heterocycles. The van der Waals surface area contributed by atoms with E-state index in [0.717, 1.165) is 0 Å². The lowest BCUT2D eigenvalue weighted by atomic mass is 10.2. The molecule has 3 N–H and O–H groups in total. The maximum atomic E-state index is 11.8. The lowest BCUT2D eigenvalue weighted by molar-refractivity contribution is -0.147. The summed E-state index contributed by atoms with van der Waals surface area (Å²) < 4.78 is 4.59. The van der Waals surface area contributed by atoms with Crippen LogP contribution in [0.3, 0.4) is 0 Å². The monoisotopic (exact) mass is 361 g/mol.